The molecule has 0 saturated heterocycles. The average Bonchev–Trinajstić information content (AvgIpc) is 2.46. The number of nitrogens with one attached hydrogen (secondary N) is 1. The van der Waals surface area contributed by atoms with Gasteiger partial charge in [0.05, 0.1) is 12.6 Å². The molecule has 2 rings (SSSR count). The van der Waals surface area contributed by atoms with Crippen molar-refractivity contribution in [3.63, 3.8) is 0 Å². The molecule has 2 aromatic rings. The Morgan fingerprint density at radius 3 is 2.60 bits per heavy atom. The van der Waals surface area contributed by atoms with Crippen LogP contribution in [0.25, 0.3) is 0 Å². The second-order valence-electron chi connectivity index (χ2n) is 4.62. The molecule has 0 aromatic heterocycles. The van der Waals surface area contributed by atoms with Crippen molar-refractivity contribution in [1.29, 1.82) is 0 Å². The largest absolute Gasteiger partial charge is 0.508 e. The van der Waals surface area contributed by atoms with Crippen LogP contribution in [0.3, 0.4) is 0 Å². The quantitative estimate of drug-likeness (QED) is 0.820. The fraction of sp³-hybridized carbons (Fsp3) is 0.294. The number of ether oxygens (including phenoxy) is 1. The summed E-state index contributed by atoms with van der Waals surface area (Å²) in [4.78, 5) is 0. The van der Waals surface area contributed by atoms with Crippen LogP contribution >= 0.6 is 0 Å². The number of phenols is 1. The summed E-state index contributed by atoms with van der Waals surface area (Å²) in [5.41, 5.74) is 1.91. The van der Waals surface area contributed by atoms with Crippen molar-refractivity contribution >= 4 is 5.69 Å². The average molecular weight is 271 g/mol. The summed E-state index contributed by atoms with van der Waals surface area (Å²) in [6.45, 7) is 4.72. The van der Waals surface area contributed by atoms with Crippen LogP contribution in [0.5, 0.6) is 11.5 Å². The van der Waals surface area contributed by atoms with E-state index in [0.29, 0.717) is 12.4 Å². The summed E-state index contributed by atoms with van der Waals surface area (Å²) in [5.74, 6) is 1.18. The minimum Gasteiger partial charge on any atom is -0.508 e. The van der Waals surface area contributed by atoms with Crippen molar-refractivity contribution in [3.8, 4) is 11.5 Å². The van der Waals surface area contributed by atoms with Gasteiger partial charge in [0.1, 0.15) is 11.5 Å². The molecule has 20 heavy (non-hydrogen) atoms. The third kappa shape index (κ3) is 3.44. The third-order valence-corrected chi connectivity index (χ3v) is 3.21. The SMILES string of the molecule is CCOc1cccc(NC(CC)c2ccccc2O)c1. The van der Waals surface area contributed by atoms with Crippen LogP contribution in [0.4, 0.5) is 5.69 Å². The Morgan fingerprint density at radius 2 is 1.90 bits per heavy atom. The maximum Gasteiger partial charge on any atom is 0.121 e. The van der Waals surface area contributed by atoms with Gasteiger partial charge in [-0.3, -0.25) is 0 Å². The van der Waals surface area contributed by atoms with Gasteiger partial charge in [0.25, 0.3) is 0 Å². The van der Waals surface area contributed by atoms with Gasteiger partial charge in [0.2, 0.25) is 0 Å². The van der Waals surface area contributed by atoms with Gasteiger partial charge in [0.15, 0.2) is 0 Å². The van der Waals surface area contributed by atoms with Crippen LogP contribution in [0.15, 0.2) is 48.5 Å². The first-order valence-corrected chi connectivity index (χ1v) is 7.01. The molecule has 0 radical (unpaired) electrons. The lowest BCUT2D eigenvalue weighted by Gasteiger charge is -2.20. The Bertz CT molecular complexity index is 554. The number of benzene rings is 2. The Hall–Kier alpha value is -2.16. The molecule has 3 heteroatoms. The van der Waals surface area contributed by atoms with Crippen molar-refractivity contribution in [2.45, 2.75) is 26.3 Å². The number of aromatic hydroxyl groups is 1. The van der Waals surface area contributed by atoms with Crippen molar-refractivity contribution in [2.75, 3.05) is 11.9 Å². The van der Waals surface area contributed by atoms with Crippen LogP contribution in [0.2, 0.25) is 0 Å². The summed E-state index contributed by atoms with van der Waals surface area (Å²) in [5, 5.41) is 13.4. The van der Waals surface area contributed by atoms with E-state index < -0.39 is 0 Å². The second kappa shape index (κ2) is 6.85. The molecule has 0 amide bonds. The zero-order chi connectivity index (χ0) is 14.4. The number of rotatable bonds is 6. The number of phenolic OH excluding ortho intramolecular Hbond substituents is 1. The Labute approximate surface area is 120 Å². The minimum atomic E-state index is 0.0769. The van der Waals surface area contributed by atoms with Crippen LogP contribution in [-0.4, -0.2) is 11.7 Å². The van der Waals surface area contributed by atoms with E-state index in [-0.39, 0.29) is 6.04 Å². The maximum atomic E-state index is 9.96. The molecule has 2 N–H and O–H groups in total. The van der Waals surface area contributed by atoms with Crippen molar-refractivity contribution in [2.24, 2.45) is 0 Å². The molecule has 106 valence electrons. The van der Waals surface area contributed by atoms with E-state index in [1.165, 1.54) is 0 Å². The lowest BCUT2D eigenvalue weighted by Crippen LogP contribution is -2.10. The zero-order valence-corrected chi connectivity index (χ0v) is 12.0. The van der Waals surface area contributed by atoms with E-state index in [0.717, 1.165) is 23.4 Å². The first-order valence-electron chi connectivity index (χ1n) is 7.01. The highest BCUT2D eigenvalue weighted by molar-refractivity contribution is 5.51. The van der Waals surface area contributed by atoms with Crippen LogP contribution in [0.1, 0.15) is 31.9 Å². The van der Waals surface area contributed by atoms with Gasteiger partial charge in [-0.25, -0.2) is 0 Å². The van der Waals surface area contributed by atoms with Crippen molar-refractivity contribution < 1.29 is 9.84 Å². The predicted octanol–water partition coefficient (Wildman–Crippen LogP) is 4.35. The van der Waals surface area contributed by atoms with Crippen LogP contribution in [0, 0.1) is 0 Å². The van der Waals surface area contributed by atoms with Crippen molar-refractivity contribution in [3.05, 3.63) is 54.1 Å². The van der Waals surface area contributed by atoms with Gasteiger partial charge in [-0.2, -0.15) is 0 Å². The van der Waals surface area contributed by atoms with E-state index in [2.05, 4.69) is 12.2 Å². The standard InChI is InChI=1S/C17H21NO2/c1-3-16(15-10-5-6-11-17(15)19)18-13-8-7-9-14(12-13)20-4-2/h5-12,16,18-19H,3-4H2,1-2H3. The Morgan fingerprint density at radius 1 is 1.10 bits per heavy atom. The number of hydrogen-bond donors (Lipinski definition) is 2. The van der Waals surface area contributed by atoms with Crippen molar-refractivity contribution in [1.82, 2.24) is 0 Å². The molecular weight excluding hydrogens is 250 g/mol. The van der Waals surface area contributed by atoms with Gasteiger partial charge in [-0.05, 0) is 31.5 Å². The first-order chi connectivity index (χ1) is 9.74. The third-order valence-electron chi connectivity index (χ3n) is 3.21. The van der Waals surface area contributed by atoms with Crippen LogP contribution < -0.4 is 10.1 Å². The molecule has 0 heterocycles. The molecule has 0 bridgehead atoms. The van der Waals surface area contributed by atoms with Gasteiger partial charge in [-0.15, -0.1) is 0 Å². The summed E-state index contributed by atoms with van der Waals surface area (Å²) in [7, 11) is 0. The molecule has 0 saturated carbocycles. The molecule has 0 spiro atoms. The highest BCUT2D eigenvalue weighted by Gasteiger charge is 2.13. The number of hydrogen-bond acceptors (Lipinski definition) is 3. The Balaban J connectivity index is 2.18. The summed E-state index contributed by atoms with van der Waals surface area (Å²) >= 11 is 0. The maximum absolute atomic E-state index is 9.96. The monoisotopic (exact) mass is 271 g/mol. The lowest BCUT2D eigenvalue weighted by atomic mass is 10.0. The second-order valence-corrected chi connectivity index (χ2v) is 4.62. The molecule has 0 aliphatic rings. The van der Waals surface area contributed by atoms with Gasteiger partial charge in [0, 0.05) is 17.3 Å². The Kier molecular flexibility index (Phi) is 4.88. The predicted molar refractivity (Wildman–Crippen MR) is 82.4 cm³/mol. The number of para-hydroxylation sites is 1. The minimum absolute atomic E-state index is 0.0769. The first kappa shape index (κ1) is 14.3. The molecule has 0 aliphatic carbocycles. The molecule has 3 nitrogen and oxygen atoms in total. The molecule has 2 aromatic carbocycles. The van der Waals surface area contributed by atoms with E-state index >= 15 is 0 Å². The van der Waals surface area contributed by atoms with Crippen LogP contribution in [-0.2, 0) is 0 Å². The molecule has 0 fully saturated rings. The molecular formula is C17H21NO2. The summed E-state index contributed by atoms with van der Waals surface area (Å²) < 4.78 is 5.50. The topological polar surface area (TPSA) is 41.5 Å². The molecule has 1 atom stereocenters. The van der Waals surface area contributed by atoms with E-state index in [1.807, 2.05) is 49.4 Å². The van der Waals surface area contributed by atoms with E-state index in [4.69, 9.17) is 4.74 Å². The van der Waals surface area contributed by atoms with Gasteiger partial charge in [-0.1, -0.05) is 31.2 Å². The highest BCUT2D eigenvalue weighted by Crippen LogP contribution is 2.30. The van der Waals surface area contributed by atoms with E-state index in [9.17, 15) is 5.11 Å². The highest BCUT2D eigenvalue weighted by atomic mass is 16.5. The smallest absolute Gasteiger partial charge is 0.121 e. The fourth-order valence-electron chi connectivity index (χ4n) is 2.23. The lowest BCUT2D eigenvalue weighted by molar-refractivity contribution is 0.340. The zero-order valence-electron chi connectivity index (χ0n) is 12.0. The fourth-order valence-corrected chi connectivity index (χ4v) is 2.23. The summed E-state index contributed by atoms with van der Waals surface area (Å²) in [6.07, 6.45) is 0.885. The molecule has 0 aliphatic heterocycles. The van der Waals surface area contributed by atoms with Gasteiger partial charge >= 0.3 is 0 Å². The van der Waals surface area contributed by atoms with Gasteiger partial charge < -0.3 is 15.2 Å². The van der Waals surface area contributed by atoms with E-state index in [1.54, 1.807) is 6.07 Å². The number of anilines is 1. The molecule has 1 unspecified atom stereocenters. The summed E-state index contributed by atoms with van der Waals surface area (Å²) in [6, 6.07) is 15.4. The normalized spacial score (nSPS) is 11.9.